The number of rotatable bonds is 5. The first-order valence-corrected chi connectivity index (χ1v) is 4.82. The second-order valence-electron chi connectivity index (χ2n) is 3.43. The summed E-state index contributed by atoms with van der Waals surface area (Å²) in [7, 11) is 1.57. The highest BCUT2D eigenvalue weighted by atomic mass is 16.4. The Bertz CT molecular complexity index is 230. The maximum absolute atomic E-state index is 11.4. The molecule has 2 atom stereocenters. The van der Waals surface area contributed by atoms with Gasteiger partial charge in [-0.2, -0.15) is 0 Å². The van der Waals surface area contributed by atoms with Gasteiger partial charge in [-0.3, -0.25) is 0 Å². The number of urea groups is 1. The van der Waals surface area contributed by atoms with E-state index in [0.717, 1.165) is 6.42 Å². The van der Waals surface area contributed by atoms with E-state index in [9.17, 15) is 9.59 Å². The summed E-state index contributed by atoms with van der Waals surface area (Å²) in [5.74, 6) is -1.25. The van der Waals surface area contributed by atoms with Gasteiger partial charge in [0, 0.05) is 13.6 Å². The number of carbonyl (C=O) groups is 2. The maximum atomic E-state index is 11.4. The van der Waals surface area contributed by atoms with Crippen molar-refractivity contribution >= 4 is 12.0 Å². The molecular formula is C9H18N2O4. The fraction of sp³-hybridized carbons (Fsp3) is 0.778. The molecule has 15 heavy (non-hydrogen) atoms. The van der Waals surface area contributed by atoms with Crippen LogP contribution in [0.1, 0.15) is 20.3 Å². The van der Waals surface area contributed by atoms with E-state index in [1.54, 1.807) is 7.05 Å². The van der Waals surface area contributed by atoms with Crippen LogP contribution in [0.3, 0.4) is 0 Å². The monoisotopic (exact) mass is 218 g/mol. The van der Waals surface area contributed by atoms with Crippen LogP contribution in [0.15, 0.2) is 0 Å². The summed E-state index contributed by atoms with van der Waals surface area (Å²) in [6, 6.07) is -1.76. The van der Waals surface area contributed by atoms with Gasteiger partial charge in [0.15, 0.2) is 6.04 Å². The summed E-state index contributed by atoms with van der Waals surface area (Å²) in [6.45, 7) is 3.77. The van der Waals surface area contributed by atoms with Crippen LogP contribution < -0.4 is 5.32 Å². The van der Waals surface area contributed by atoms with Gasteiger partial charge in [-0.1, -0.05) is 6.92 Å². The second-order valence-corrected chi connectivity index (χ2v) is 3.43. The minimum atomic E-state index is -1.27. The molecule has 0 bridgehead atoms. The van der Waals surface area contributed by atoms with Gasteiger partial charge < -0.3 is 20.4 Å². The van der Waals surface area contributed by atoms with E-state index < -0.39 is 24.1 Å². The molecule has 2 amide bonds. The van der Waals surface area contributed by atoms with Crippen molar-refractivity contribution in [2.24, 2.45) is 0 Å². The number of nitrogens with zero attached hydrogens (tertiary/aromatic N) is 1. The largest absolute Gasteiger partial charge is 0.480 e. The number of hydrogen-bond acceptors (Lipinski definition) is 3. The number of aliphatic hydroxyl groups excluding tert-OH is 1. The van der Waals surface area contributed by atoms with Gasteiger partial charge in [-0.25, -0.2) is 9.59 Å². The van der Waals surface area contributed by atoms with Crippen molar-refractivity contribution in [2.75, 3.05) is 13.6 Å². The van der Waals surface area contributed by atoms with E-state index in [4.69, 9.17) is 10.2 Å². The third-order valence-electron chi connectivity index (χ3n) is 1.93. The van der Waals surface area contributed by atoms with Crippen LogP contribution in [0.4, 0.5) is 4.79 Å². The normalized spacial score (nSPS) is 14.1. The number of aliphatic carboxylic acids is 1. The quantitative estimate of drug-likeness (QED) is 0.599. The number of nitrogens with one attached hydrogen (secondary N) is 1. The molecule has 0 rings (SSSR count). The SMILES string of the molecule is CCCN(C)C(=O)N[C@H](C(=O)O)[C@@H](C)O. The zero-order chi connectivity index (χ0) is 12.0. The number of amides is 2. The van der Waals surface area contributed by atoms with Crippen LogP contribution >= 0.6 is 0 Å². The molecular weight excluding hydrogens is 200 g/mol. The molecule has 0 aliphatic heterocycles. The summed E-state index contributed by atoms with van der Waals surface area (Å²) < 4.78 is 0. The van der Waals surface area contributed by atoms with Gasteiger partial charge in [0.05, 0.1) is 6.10 Å². The molecule has 6 heteroatoms. The van der Waals surface area contributed by atoms with Gasteiger partial charge in [-0.05, 0) is 13.3 Å². The molecule has 0 aromatic heterocycles. The lowest BCUT2D eigenvalue weighted by Gasteiger charge is -2.22. The van der Waals surface area contributed by atoms with Gasteiger partial charge in [0.25, 0.3) is 0 Å². The van der Waals surface area contributed by atoms with Crippen molar-refractivity contribution in [1.29, 1.82) is 0 Å². The molecule has 0 aromatic carbocycles. The second kappa shape index (κ2) is 6.23. The van der Waals surface area contributed by atoms with E-state index in [1.807, 2.05) is 6.92 Å². The minimum Gasteiger partial charge on any atom is -0.480 e. The zero-order valence-electron chi connectivity index (χ0n) is 9.23. The molecule has 0 unspecified atom stereocenters. The standard InChI is InChI=1S/C9H18N2O4/c1-4-5-11(3)9(15)10-7(6(2)12)8(13)14/h6-7,12H,4-5H2,1-3H3,(H,10,15)(H,13,14)/t6-,7+/m1/s1. The summed E-state index contributed by atoms with van der Waals surface area (Å²) in [5, 5.41) is 20.1. The van der Waals surface area contributed by atoms with Crippen molar-refractivity contribution < 1.29 is 19.8 Å². The first-order chi connectivity index (χ1) is 6.90. The number of carbonyl (C=O) groups excluding carboxylic acids is 1. The molecule has 0 saturated heterocycles. The van der Waals surface area contributed by atoms with Crippen LogP contribution in [-0.4, -0.2) is 52.9 Å². The maximum Gasteiger partial charge on any atom is 0.328 e. The minimum absolute atomic E-state index is 0.495. The number of carboxylic acids is 1. The number of carboxylic acid groups (broad SMARTS) is 1. The van der Waals surface area contributed by atoms with Crippen molar-refractivity contribution in [3.8, 4) is 0 Å². The van der Waals surface area contributed by atoms with E-state index in [1.165, 1.54) is 11.8 Å². The molecule has 0 heterocycles. The fourth-order valence-corrected chi connectivity index (χ4v) is 1.07. The highest BCUT2D eigenvalue weighted by molar-refractivity contribution is 5.82. The average molecular weight is 218 g/mol. The summed E-state index contributed by atoms with van der Waals surface area (Å²) in [4.78, 5) is 23.4. The number of hydrogen-bond donors (Lipinski definition) is 3. The Hall–Kier alpha value is -1.30. The Labute approximate surface area is 88.9 Å². The Morgan fingerprint density at radius 3 is 2.33 bits per heavy atom. The van der Waals surface area contributed by atoms with Crippen molar-refractivity contribution in [3.05, 3.63) is 0 Å². The molecule has 0 aliphatic rings. The van der Waals surface area contributed by atoms with E-state index >= 15 is 0 Å². The van der Waals surface area contributed by atoms with Crippen LogP contribution in [0, 0.1) is 0 Å². The van der Waals surface area contributed by atoms with Crippen molar-refractivity contribution in [2.45, 2.75) is 32.4 Å². The third-order valence-corrected chi connectivity index (χ3v) is 1.93. The first-order valence-electron chi connectivity index (χ1n) is 4.82. The lowest BCUT2D eigenvalue weighted by Crippen LogP contribution is -2.51. The Morgan fingerprint density at radius 2 is 2.00 bits per heavy atom. The van der Waals surface area contributed by atoms with E-state index in [-0.39, 0.29) is 0 Å². The predicted octanol–water partition coefficient (Wildman–Crippen LogP) is -0.128. The van der Waals surface area contributed by atoms with E-state index in [2.05, 4.69) is 5.32 Å². The third kappa shape index (κ3) is 4.64. The fourth-order valence-electron chi connectivity index (χ4n) is 1.07. The highest BCUT2D eigenvalue weighted by Crippen LogP contribution is 1.96. The molecule has 0 radical (unpaired) electrons. The number of aliphatic hydroxyl groups is 1. The smallest absolute Gasteiger partial charge is 0.328 e. The van der Waals surface area contributed by atoms with Gasteiger partial charge in [0.1, 0.15) is 0 Å². The molecule has 0 fully saturated rings. The van der Waals surface area contributed by atoms with Gasteiger partial charge >= 0.3 is 12.0 Å². The Balaban J connectivity index is 4.29. The van der Waals surface area contributed by atoms with Crippen LogP contribution in [-0.2, 0) is 4.79 Å². The predicted molar refractivity (Wildman–Crippen MR) is 54.6 cm³/mol. The van der Waals surface area contributed by atoms with Gasteiger partial charge in [-0.15, -0.1) is 0 Å². The highest BCUT2D eigenvalue weighted by Gasteiger charge is 2.25. The summed E-state index contributed by atoms with van der Waals surface area (Å²) in [5.41, 5.74) is 0. The molecule has 0 aromatic rings. The molecule has 0 saturated carbocycles. The molecule has 3 N–H and O–H groups in total. The zero-order valence-corrected chi connectivity index (χ0v) is 9.23. The molecule has 6 nitrogen and oxygen atoms in total. The topological polar surface area (TPSA) is 89.9 Å². The van der Waals surface area contributed by atoms with E-state index in [0.29, 0.717) is 6.54 Å². The van der Waals surface area contributed by atoms with Crippen LogP contribution in [0.2, 0.25) is 0 Å². The van der Waals surface area contributed by atoms with Gasteiger partial charge in [0.2, 0.25) is 0 Å². The lowest BCUT2D eigenvalue weighted by atomic mass is 10.2. The summed E-state index contributed by atoms with van der Waals surface area (Å²) in [6.07, 6.45) is -0.336. The first kappa shape index (κ1) is 13.7. The van der Waals surface area contributed by atoms with Crippen LogP contribution in [0.25, 0.3) is 0 Å². The average Bonchev–Trinajstić information content (AvgIpc) is 2.12. The van der Waals surface area contributed by atoms with Crippen LogP contribution in [0.5, 0.6) is 0 Å². The Morgan fingerprint density at radius 1 is 1.47 bits per heavy atom. The van der Waals surface area contributed by atoms with Crippen molar-refractivity contribution in [3.63, 3.8) is 0 Å². The molecule has 0 aliphatic carbocycles. The lowest BCUT2D eigenvalue weighted by molar-refractivity contribution is -0.141. The Kier molecular flexibility index (Phi) is 5.69. The molecule has 0 spiro atoms. The summed E-state index contributed by atoms with van der Waals surface area (Å²) >= 11 is 0. The molecule has 88 valence electrons. The van der Waals surface area contributed by atoms with Crippen molar-refractivity contribution in [1.82, 2.24) is 10.2 Å².